The number of rotatable bonds is 7. The SMILES string of the molecule is COc1cccc2cc(C(=O)N/N=C\c3ccc(OCC(=O)N4CCOCC4)cc3)oc12. The Kier molecular flexibility index (Phi) is 6.66. The smallest absolute Gasteiger partial charge is 0.307 e. The number of methoxy groups -OCH3 is 1. The summed E-state index contributed by atoms with van der Waals surface area (Å²) in [5, 5.41) is 4.73. The van der Waals surface area contributed by atoms with Crippen LogP contribution in [-0.2, 0) is 9.53 Å². The van der Waals surface area contributed by atoms with Gasteiger partial charge in [-0.1, -0.05) is 12.1 Å². The van der Waals surface area contributed by atoms with Crippen LogP contribution in [0.5, 0.6) is 11.5 Å². The molecule has 1 fully saturated rings. The van der Waals surface area contributed by atoms with Gasteiger partial charge in [-0.15, -0.1) is 0 Å². The first-order chi connectivity index (χ1) is 15.6. The van der Waals surface area contributed by atoms with Crippen molar-refractivity contribution in [2.24, 2.45) is 5.10 Å². The molecule has 0 bridgehead atoms. The van der Waals surface area contributed by atoms with Crippen molar-refractivity contribution in [2.75, 3.05) is 40.0 Å². The van der Waals surface area contributed by atoms with Crippen LogP contribution in [0.25, 0.3) is 11.0 Å². The molecule has 1 aliphatic rings. The summed E-state index contributed by atoms with van der Waals surface area (Å²) < 4.78 is 21.6. The van der Waals surface area contributed by atoms with Gasteiger partial charge in [0.1, 0.15) is 5.75 Å². The Morgan fingerprint density at radius 1 is 1.16 bits per heavy atom. The van der Waals surface area contributed by atoms with E-state index in [-0.39, 0.29) is 18.3 Å². The standard InChI is InChI=1S/C23H23N3O6/c1-29-19-4-2-3-17-13-20(32-22(17)19)23(28)25-24-14-16-5-7-18(8-6-16)31-15-21(27)26-9-11-30-12-10-26/h2-8,13-14H,9-12,15H2,1H3,(H,25,28)/b24-14-. The Morgan fingerprint density at radius 2 is 1.94 bits per heavy atom. The predicted octanol–water partition coefficient (Wildman–Crippen LogP) is 2.44. The summed E-state index contributed by atoms with van der Waals surface area (Å²) >= 11 is 0. The lowest BCUT2D eigenvalue weighted by Crippen LogP contribution is -2.42. The number of nitrogens with zero attached hydrogens (tertiary/aromatic N) is 2. The van der Waals surface area contributed by atoms with E-state index in [1.54, 1.807) is 48.4 Å². The number of amides is 2. The Hall–Kier alpha value is -3.85. The molecule has 166 valence electrons. The maximum Gasteiger partial charge on any atom is 0.307 e. The monoisotopic (exact) mass is 437 g/mol. The van der Waals surface area contributed by atoms with E-state index in [0.717, 1.165) is 10.9 Å². The van der Waals surface area contributed by atoms with Crippen molar-refractivity contribution in [3.05, 3.63) is 59.9 Å². The molecular formula is C23H23N3O6. The van der Waals surface area contributed by atoms with Crippen LogP contribution in [0.4, 0.5) is 0 Å². The fourth-order valence-corrected chi connectivity index (χ4v) is 3.23. The van der Waals surface area contributed by atoms with Gasteiger partial charge in [0.15, 0.2) is 23.7 Å². The summed E-state index contributed by atoms with van der Waals surface area (Å²) in [6.45, 7) is 2.27. The van der Waals surface area contributed by atoms with Crippen molar-refractivity contribution in [1.82, 2.24) is 10.3 Å². The molecule has 32 heavy (non-hydrogen) atoms. The van der Waals surface area contributed by atoms with Gasteiger partial charge in [0, 0.05) is 18.5 Å². The number of hydrogen-bond donors (Lipinski definition) is 1. The number of hydrogen-bond acceptors (Lipinski definition) is 7. The van der Waals surface area contributed by atoms with Gasteiger partial charge in [-0.3, -0.25) is 9.59 Å². The van der Waals surface area contributed by atoms with Crippen LogP contribution >= 0.6 is 0 Å². The van der Waals surface area contributed by atoms with Crippen LogP contribution in [0, 0.1) is 0 Å². The number of fused-ring (bicyclic) bond motifs is 1. The van der Waals surface area contributed by atoms with Gasteiger partial charge in [-0.05, 0) is 42.0 Å². The van der Waals surface area contributed by atoms with E-state index in [4.69, 9.17) is 18.6 Å². The highest BCUT2D eigenvalue weighted by atomic mass is 16.5. The summed E-state index contributed by atoms with van der Waals surface area (Å²) in [7, 11) is 1.54. The van der Waals surface area contributed by atoms with Crippen LogP contribution < -0.4 is 14.9 Å². The van der Waals surface area contributed by atoms with E-state index in [9.17, 15) is 9.59 Å². The van der Waals surface area contributed by atoms with Crippen molar-refractivity contribution in [1.29, 1.82) is 0 Å². The summed E-state index contributed by atoms with van der Waals surface area (Å²) in [6, 6.07) is 14.1. The number of furan rings is 1. The molecule has 0 saturated carbocycles. The second kappa shape index (κ2) is 9.97. The van der Waals surface area contributed by atoms with Crippen molar-refractivity contribution in [2.45, 2.75) is 0 Å². The third-order valence-corrected chi connectivity index (χ3v) is 4.94. The maximum atomic E-state index is 12.3. The molecule has 0 radical (unpaired) electrons. The first-order valence-electron chi connectivity index (χ1n) is 10.1. The second-order valence-electron chi connectivity index (χ2n) is 7.04. The quantitative estimate of drug-likeness (QED) is 0.450. The number of para-hydroxylation sites is 1. The van der Waals surface area contributed by atoms with E-state index in [0.29, 0.717) is 43.4 Å². The third kappa shape index (κ3) is 5.06. The molecule has 2 heterocycles. The molecule has 0 unspecified atom stereocenters. The molecule has 0 spiro atoms. The fourth-order valence-electron chi connectivity index (χ4n) is 3.23. The highest BCUT2D eigenvalue weighted by Gasteiger charge is 2.17. The van der Waals surface area contributed by atoms with Crippen LogP contribution in [0.3, 0.4) is 0 Å². The number of hydrazone groups is 1. The molecule has 0 atom stereocenters. The zero-order chi connectivity index (χ0) is 22.3. The number of nitrogens with one attached hydrogen (secondary N) is 1. The van der Waals surface area contributed by atoms with Crippen LogP contribution in [-0.4, -0.2) is 62.9 Å². The van der Waals surface area contributed by atoms with E-state index in [2.05, 4.69) is 10.5 Å². The molecule has 1 aliphatic heterocycles. The summed E-state index contributed by atoms with van der Waals surface area (Å²) in [5.74, 6) is 0.726. The second-order valence-corrected chi connectivity index (χ2v) is 7.04. The first kappa shape index (κ1) is 21.4. The van der Waals surface area contributed by atoms with Gasteiger partial charge in [-0.2, -0.15) is 5.10 Å². The summed E-state index contributed by atoms with van der Waals surface area (Å²) in [4.78, 5) is 26.2. The van der Waals surface area contributed by atoms with Gasteiger partial charge >= 0.3 is 5.91 Å². The molecule has 0 aliphatic carbocycles. The highest BCUT2D eigenvalue weighted by molar-refractivity contribution is 5.97. The first-order valence-corrected chi connectivity index (χ1v) is 10.1. The highest BCUT2D eigenvalue weighted by Crippen LogP contribution is 2.28. The van der Waals surface area contributed by atoms with E-state index in [1.807, 2.05) is 12.1 Å². The third-order valence-electron chi connectivity index (χ3n) is 4.94. The van der Waals surface area contributed by atoms with Crippen molar-refractivity contribution >= 4 is 29.0 Å². The van der Waals surface area contributed by atoms with Crippen molar-refractivity contribution in [3.63, 3.8) is 0 Å². The lowest BCUT2D eigenvalue weighted by atomic mass is 10.2. The Morgan fingerprint density at radius 3 is 2.69 bits per heavy atom. The molecular weight excluding hydrogens is 414 g/mol. The predicted molar refractivity (Wildman–Crippen MR) is 117 cm³/mol. The Labute approximate surface area is 184 Å². The van der Waals surface area contributed by atoms with Gasteiger partial charge in [0.25, 0.3) is 5.91 Å². The largest absolute Gasteiger partial charge is 0.493 e. The van der Waals surface area contributed by atoms with Crippen LogP contribution in [0.2, 0.25) is 0 Å². The van der Waals surface area contributed by atoms with Gasteiger partial charge in [0.05, 0.1) is 26.5 Å². The lowest BCUT2D eigenvalue weighted by Gasteiger charge is -2.26. The molecule has 1 saturated heterocycles. The van der Waals surface area contributed by atoms with Crippen LogP contribution in [0.1, 0.15) is 16.1 Å². The molecule has 4 rings (SSSR count). The van der Waals surface area contributed by atoms with E-state index < -0.39 is 5.91 Å². The zero-order valence-electron chi connectivity index (χ0n) is 17.6. The molecule has 3 aromatic rings. The van der Waals surface area contributed by atoms with E-state index >= 15 is 0 Å². The molecule has 9 nitrogen and oxygen atoms in total. The molecule has 9 heteroatoms. The zero-order valence-corrected chi connectivity index (χ0v) is 17.6. The van der Waals surface area contributed by atoms with Gasteiger partial charge in [-0.25, -0.2) is 5.43 Å². The minimum absolute atomic E-state index is 0.0220. The topological polar surface area (TPSA) is 103 Å². The number of carbonyl (C=O) groups excluding carboxylic acids is 2. The minimum Gasteiger partial charge on any atom is -0.493 e. The van der Waals surface area contributed by atoms with E-state index in [1.165, 1.54) is 6.21 Å². The fraction of sp³-hybridized carbons (Fsp3) is 0.261. The lowest BCUT2D eigenvalue weighted by molar-refractivity contribution is -0.137. The Bertz CT molecular complexity index is 1120. The van der Waals surface area contributed by atoms with Crippen molar-refractivity contribution in [3.8, 4) is 11.5 Å². The number of carbonyl (C=O) groups is 2. The van der Waals surface area contributed by atoms with Gasteiger partial charge < -0.3 is 23.5 Å². The maximum absolute atomic E-state index is 12.3. The molecule has 2 amide bonds. The van der Waals surface area contributed by atoms with Crippen LogP contribution in [0.15, 0.2) is 58.0 Å². The average molecular weight is 437 g/mol. The van der Waals surface area contributed by atoms with Gasteiger partial charge in [0.2, 0.25) is 0 Å². The molecule has 1 N–H and O–H groups in total. The summed E-state index contributed by atoms with van der Waals surface area (Å²) in [5.41, 5.74) is 3.70. The average Bonchev–Trinajstić information content (AvgIpc) is 3.28. The van der Waals surface area contributed by atoms with Crippen molar-refractivity contribution < 1.29 is 28.2 Å². The molecule has 1 aromatic heterocycles. The summed E-state index contributed by atoms with van der Waals surface area (Å²) in [6.07, 6.45) is 1.50. The Balaban J connectivity index is 1.29. The molecule has 2 aromatic carbocycles. The minimum atomic E-state index is -0.471. The number of benzene rings is 2. The number of morpholine rings is 1. The number of ether oxygens (including phenoxy) is 3. The normalized spacial score (nSPS) is 14.0.